The van der Waals surface area contributed by atoms with E-state index in [4.69, 9.17) is 15.2 Å². The van der Waals surface area contributed by atoms with Crippen molar-refractivity contribution in [1.82, 2.24) is 19.5 Å². The minimum absolute atomic E-state index is 0.0271. The molecule has 2 aromatic rings. The lowest BCUT2D eigenvalue weighted by Gasteiger charge is -2.27. The molecule has 4 heterocycles. The third-order valence-corrected chi connectivity index (χ3v) is 4.33. The molecule has 2 aliphatic rings. The van der Waals surface area contributed by atoms with E-state index in [1.54, 1.807) is 6.33 Å². The van der Waals surface area contributed by atoms with Crippen LogP contribution in [0.5, 0.6) is 0 Å². The van der Waals surface area contributed by atoms with Gasteiger partial charge in [0.05, 0.1) is 32.3 Å². The molecule has 2 fully saturated rings. The first-order chi connectivity index (χ1) is 11.3. The van der Waals surface area contributed by atoms with Gasteiger partial charge in [-0.1, -0.05) is 0 Å². The van der Waals surface area contributed by atoms with Crippen LogP contribution in [0, 0.1) is 0 Å². The maximum Gasteiger partial charge on any atom is 0.224 e. The summed E-state index contributed by atoms with van der Waals surface area (Å²) in [5.74, 6) is 0.962. The number of morpholine rings is 1. The number of ether oxygens (including phenoxy) is 2. The highest BCUT2D eigenvalue weighted by Crippen LogP contribution is 2.32. The number of nitrogens with zero attached hydrogens (tertiary/aromatic N) is 5. The molecule has 0 spiro atoms. The second-order valence-electron chi connectivity index (χ2n) is 5.80. The fraction of sp³-hybridized carbons (Fsp3) is 0.643. The largest absolute Gasteiger partial charge is 0.394 e. The summed E-state index contributed by atoms with van der Waals surface area (Å²) in [5.41, 5.74) is 7.30. The van der Waals surface area contributed by atoms with E-state index < -0.39 is 0 Å². The second kappa shape index (κ2) is 5.91. The summed E-state index contributed by atoms with van der Waals surface area (Å²) in [6, 6.07) is 0. The molecular weight excluding hydrogens is 300 g/mol. The number of rotatable bonds is 3. The summed E-state index contributed by atoms with van der Waals surface area (Å²) in [6.07, 6.45) is 3.04. The number of aliphatic hydroxyl groups is 1. The van der Waals surface area contributed by atoms with Crippen molar-refractivity contribution in [1.29, 1.82) is 0 Å². The van der Waals surface area contributed by atoms with Crippen LogP contribution in [-0.4, -0.2) is 63.6 Å². The first kappa shape index (κ1) is 14.6. The normalized spacial score (nSPS) is 25.3. The minimum atomic E-state index is -0.177. The van der Waals surface area contributed by atoms with E-state index in [0.29, 0.717) is 18.9 Å². The fourth-order valence-corrected chi connectivity index (χ4v) is 3.15. The van der Waals surface area contributed by atoms with Crippen LogP contribution < -0.4 is 10.6 Å². The highest BCUT2D eigenvalue weighted by molar-refractivity contribution is 5.84. The zero-order valence-electron chi connectivity index (χ0n) is 12.8. The molecule has 2 saturated heterocycles. The van der Waals surface area contributed by atoms with Gasteiger partial charge in [-0.2, -0.15) is 9.97 Å². The van der Waals surface area contributed by atoms with Gasteiger partial charge in [-0.3, -0.25) is 4.57 Å². The summed E-state index contributed by atoms with van der Waals surface area (Å²) in [5, 5.41) is 9.24. The van der Waals surface area contributed by atoms with E-state index in [1.807, 2.05) is 4.57 Å². The number of hydrogen-bond acceptors (Lipinski definition) is 8. The van der Waals surface area contributed by atoms with Gasteiger partial charge in [-0.25, -0.2) is 4.98 Å². The van der Waals surface area contributed by atoms with Crippen molar-refractivity contribution in [2.45, 2.75) is 25.2 Å². The van der Waals surface area contributed by atoms with Gasteiger partial charge in [0.1, 0.15) is 6.23 Å². The molecule has 0 bridgehead atoms. The third-order valence-electron chi connectivity index (χ3n) is 4.33. The maximum absolute atomic E-state index is 9.24. The average Bonchev–Trinajstić information content (AvgIpc) is 3.21. The van der Waals surface area contributed by atoms with Gasteiger partial charge in [0.15, 0.2) is 17.0 Å². The van der Waals surface area contributed by atoms with Crippen LogP contribution in [0.1, 0.15) is 19.1 Å². The van der Waals surface area contributed by atoms with E-state index in [2.05, 4.69) is 19.9 Å². The molecule has 0 aliphatic carbocycles. The van der Waals surface area contributed by atoms with Gasteiger partial charge in [0.25, 0.3) is 0 Å². The van der Waals surface area contributed by atoms with Crippen molar-refractivity contribution in [3.8, 4) is 0 Å². The van der Waals surface area contributed by atoms with Crippen LogP contribution in [0.15, 0.2) is 6.33 Å². The van der Waals surface area contributed by atoms with E-state index in [1.165, 1.54) is 0 Å². The van der Waals surface area contributed by atoms with Crippen molar-refractivity contribution in [2.24, 2.45) is 0 Å². The Bertz CT molecular complexity index is 699. The van der Waals surface area contributed by atoms with E-state index in [9.17, 15) is 5.11 Å². The van der Waals surface area contributed by atoms with Gasteiger partial charge in [0.2, 0.25) is 5.95 Å². The molecule has 23 heavy (non-hydrogen) atoms. The summed E-state index contributed by atoms with van der Waals surface area (Å²) >= 11 is 0. The maximum atomic E-state index is 9.24. The molecule has 0 unspecified atom stereocenters. The summed E-state index contributed by atoms with van der Waals surface area (Å²) in [6.45, 7) is 2.86. The Morgan fingerprint density at radius 1 is 1.26 bits per heavy atom. The van der Waals surface area contributed by atoms with Crippen LogP contribution in [0.4, 0.5) is 11.8 Å². The molecular formula is C14H20N6O3. The molecule has 0 radical (unpaired) electrons. The quantitative estimate of drug-likeness (QED) is 0.807. The molecule has 0 saturated carbocycles. The number of nitrogens with two attached hydrogens (primary N) is 1. The second-order valence-corrected chi connectivity index (χ2v) is 5.80. The SMILES string of the molecule is Nc1nc(N2CCOCC2)c2ncn([C@H]3CC[C@@H](CO)O3)c2n1. The number of imidazole rings is 1. The predicted octanol–water partition coefficient (Wildman–Crippen LogP) is -0.0850. The molecule has 0 aromatic carbocycles. The molecule has 2 atom stereocenters. The fourth-order valence-electron chi connectivity index (χ4n) is 3.15. The Morgan fingerprint density at radius 2 is 2.09 bits per heavy atom. The van der Waals surface area contributed by atoms with Crippen molar-refractivity contribution in [2.75, 3.05) is 43.5 Å². The number of aliphatic hydroxyl groups excluding tert-OH is 1. The van der Waals surface area contributed by atoms with E-state index in [-0.39, 0.29) is 24.9 Å². The smallest absolute Gasteiger partial charge is 0.224 e. The number of fused-ring (bicyclic) bond motifs is 1. The Labute approximate surface area is 133 Å². The lowest BCUT2D eigenvalue weighted by molar-refractivity contribution is -0.0207. The Kier molecular flexibility index (Phi) is 3.76. The van der Waals surface area contributed by atoms with E-state index in [0.717, 1.165) is 37.3 Å². The molecule has 124 valence electrons. The van der Waals surface area contributed by atoms with Crippen LogP contribution in [-0.2, 0) is 9.47 Å². The molecule has 0 amide bonds. The van der Waals surface area contributed by atoms with Crippen molar-refractivity contribution < 1.29 is 14.6 Å². The molecule has 9 nitrogen and oxygen atoms in total. The van der Waals surface area contributed by atoms with Gasteiger partial charge in [-0.05, 0) is 12.8 Å². The first-order valence-electron chi connectivity index (χ1n) is 7.85. The average molecular weight is 320 g/mol. The van der Waals surface area contributed by atoms with Crippen molar-refractivity contribution in [3.05, 3.63) is 6.33 Å². The van der Waals surface area contributed by atoms with Crippen LogP contribution >= 0.6 is 0 Å². The Hall–Kier alpha value is -1.97. The monoisotopic (exact) mass is 320 g/mol. The molecule has 9 heteroatoms. The highest BCUT2D eigenvalue weighted by atomic mass is 16.5. The summed E-state index contributed by atoms with van der Waals surface area (Å²) < 4.78 is 13.1. The van der Waals surface area contributed by atoms with Crippen molar-refractivity contribution in [3.63, 3.8) is 0 Å². The molecule has 2 aromatic heterocycles. The first-order valence-corrected chi connectivity index (χ1v) is 7.85. The van der Waals surface area contributed by atoms with E-state index >= 15 is 0 Å². The topological polar surface area (TPSA) is 112 Å². The summed E-state index contributed by atoms with van der Waals surface area (Å²) in [7, 11) is 0. The van der Waals surface area contributed by atoms with Crippen molar-refractivity contribution >= 4 is 22.9 Å². The Balaban J connectivity index is 1.73. The lowest BCUT2D eigenvalue weighted by Crippen LogP contribution is -2.37. The lowest BCUT2D eigenvalue weighted by atomic mass is 10.2. The summed E-state index contributed by atoms with van der Waals surface area (Å²) in [4.78, 5) is 15.3. The Morgan fingerprint density at radius 3 is 2.83 bits per heavy atom. The third kappa shape index (κ3) is 2.60. The van der Waals surface area contributed by atoms with Gasteiger partial charge in [0, 0.05) is 13.1 Å². The van der Waals surface area contributed by atoms with Gasteiger partial charge in [-0.15, -0.1) is 0 Å². The number of hydrogen-bond donors (Lipinski definition) is 2. The van der Waals surface area contributed by atoms with Crippen LogP contribution in [0.25, 0.3) is 11.2 Å². The predicted molar refractivity (Wildman–Crippen MR) is 83.0 cm³/mol. The standard InChI is InChI=1S/C14H20N6O3/c15-14-17-12(19-3-5-22-6-4-19)11-13(18-14)20(8-16-11)10-2-1-9(7-21)23-10/h8-10,21H,1-7H2,(H2,15,17,18)/t9-,10+/m0/s1. The number of anilines is 2. The van der Waals surface area contributed by atoms with Gasteiger partial charge < -0.3 is 25.2 Å². The van der Waals surface area contributed by atoms with Crippen LogP contribution in [0.2, 0.25) is 0 Å². The molecule has 4 rings (SSSR count). The molecule has 3 N–H and O–H groups in total. The van der Waals surface area contributed by atoms with Crippen LogP contribution in [0.3, 0.4) is 0 Å². The zero-order chi connectivity index (χ0) is 15.8. The van der Waals surface area contributed by atoms with Gasteiger partial charge >= 0.3 is 0 Å². The number of aromatic nitrogens is 4. The minimum Gasteiger partial charge on any atom is -0.394 e. The zero-order valence-corrected chi connectivity index (χ0v) is 12.8. The highest BCUT2D eigenvalue weighted by Gasteiger charge is 2.29. The molecule has 2 aliphatic heterocycles. The number of nitrogen functional groups attached to an aromatic ring is 1.